The van der Waals surface area contributed by atoms with Crippen molar-refractivity contribution in [2.75, 3.05) is 12.4 Å². The predicted molar refractivity (Wildman–Crippen MR) is 55.1 cm³/mol. The van der Waals surface area contributed by atoms with Crippen LogP contribution in [0.15, 0.2) is 18.2 Å². The second-order valence-corrected chi connectivity index (χ2v) is 3.70. The summed E-state index contributed by atoms with van der Waals surface area (Å²) in [5, 5.41) is 2.89. The van der Waals surface area contributed by atoms with Crippen LogP contribution in [0.4, 0.5) is 18.9 Å². The third kappa shape index (κ3) is 2.64. The van der Waals surface area contributed by atoms with E-state index in [1.54, 1.807) is 7.05 Å². The van der Waals surface area contributed by atoms with Gasteiger partial charge in [0.2, 0.25) is 0 Å². The van der Waals surface area contributed by atoms with Crippen molar-refractivity contribution in [3.63, 3.8) is 0 Å². The molecular formula is C11H14F3N. The summed E-state index contributed by atoms with van der Waals surface area (Å²) in [6.07, 6.45) is -4.27. The van der Waals surface area contributed by atoms with Gasteiger partial charge in [-0.2, -0.15) is 13.2 Å². The van der Waals surface area contributed by atoms with E-state index in [4.69, 9.17) is 0 Å². The van der Waals surface area contributed by atoms with Crippen LogP contribution >= 0.6 is 0 Å². The molecule has 0 aliphatic carbocycles. The van der Waals surface area contributed by atoms with Gasteiger partial charge in [0, 0.05) is 12.7 Å². The van der Waals surface area contributed by atoms with E-state index in [0.29, 0.717) is 5.56 Å². The summed E-state index contributed by atoms with van der Waals surface area (Å²) < 4.78 is 37.3. The Morgan fingerprint density at radius 1 is 1.20 bits per heavy atom. The summed E-state index contributed by atoms with van der Waals surface area (Å²) in [4.78, 5) is 0. The number of benzene rings is 1. The number of hydrogen-bond acceptors (Lipinski definition) is 1. The van der Waals surface area contributed by atoms with E-state index >= 15 is 0 Å². The Kier molecular flexibility index (Phi) is 3.27. The van der Waals surface area contributed by atoms with Crippen molar-refractivity contribution in [3.8, 4) is 0 Å². The fraction of sp³-hybridized carbons (Fsp3) is 0.455. The highest BCUT2D eigenvalue weighted by molar-refractivity contribution is 5.54. The van der Waals surface area contributed by atoms with Gasteiger partial charge in [-0.3, -0.25) is 0 Å². The average Bonchev–Trinajstić information content (AvgIpc) is 2.15. The summed E-state index contributed by atoms with van der Waals surface area (Å²) >= 11 is 0. The molecule has 0 saturated carbocycles. The number of rotatable bonds is 2. The van der Waals surface area contributed by atoms with E-state index in [9.17, 15) is 13.2 Å². The van der Waals surface area contributed by atoms with Gasteiger partial charge in [-0.15, -0.1) is 0 Å². The Bertz CT molecular complexity index is 342. The fourth-order valence-corrected chi connectivity index (χ4v) is 1.44. The first-order chi connectivity index (χ1) is 6.86. The third-order valence-corrected chi connectivity index (χ3v) is 2.27. The van der Waals surface area contributed by atoms with Crippen molar-refractivity contribution in [3.05, 3.63) is 29.3 Å². The highest BCUT2D eigenvalue weighted by atomic mass is 19.4. The van der Waals surface area contributed by atoms with Gasteiger partial charge in [-0.25, -0.2) is 0 Å². The predicted octanol–water partition coefficient (Wildman–Crippen LogP) is 3.87. The molecule has 0 fully saturated rings. The maximum atomic E-state index is 12.4. The Labute approximate surface area is 87.3 Å². The normalized spacial score (nSPS) is 11.9. The molecule has 0 radical (unpaired) electrons. The highest BCUT2D eigenvalue weighted by Crippen LogP contribution is 2.34. The van der Waals surface area contributed by atoms with E-state index in [2.05, 4.69) is 5.32 Å². The van der Waals surface area contributed by atoms with E-state index < -0.39 is 11.7 Å². The highest BCUT2D eigenvalue weighted by Gasteiger charge is 2.31. The van der Waals surface area contributed by atoms with Crippen molar-refractivity contribution < 1.29 is 13.2 Å². The summed E-state index contributed by atoms with van der Waals surface area (Å²) in [6.45, 7) is 3.74. The second-order valence-electron chi connectivity index (χ2n) is 3.70. The molecule has 1 rings (SSSR count). The largest absolute Gasteiger partial charge is 0.416 e. The number of nitrogens with one attached hydrogen (secondary N) is 1. The van der Waals surface area contributed by atoms with Crippen LogP contribution in [0.2, 0.25) is 0 Å². The van der Waals surface area contributed by atoms with Crippen molar-refractivity contribution in [2.24, 2.45) is 0 Å². The van der Waals surface area contributed by atoms with Crippen LogP contribution in [0.1, 0.15) is 30.9 Å². The molecule has 0 unspecified atom stereocenters. The minimum atomic E-state index is -4.27. The summed E-state index contributed by atoms with van der Waals surface area (Å²) in [6, 6.07) is 3.77. The Morgan fingerprint density at radius 2 is 1.80 bits per heavy atom. The monoisotopic (exact) mass is 217 g/mol. The molecule has 1 nitrogen and oxygen atoms in total. The van der Waals surface area contributed by atoms with Gasteiger partial charge < -0.3 is 5.32 Å². The molecule has 15 heavy (non-hydrogen) atoms. The zero-order valence-electron chi connectivity index (χ0n) is 8.94. The van der Waals surface area contributed by atoms with Gasteiger partial charge in [-0.1, -0.05) is 13.8 Å². The van der Waals surface area contributed by atoms with Gasteiger partial charge in [0.25, 0.3) is 0 Å². The molecule has 0 aliphatic heterocycles. The molecular weight excluding hydrogens is 203 g/mol. The molecule has 0 saturated heterocycles. The minimum Gasteiger partial charge on any atom is -0.388 e. The molecule has 4 heteroatoms. The lowest BCUT2D eigenvalue weighted by Gasteiger charge is -2.15. The summed E-state index contributed by atoms with van der Waals surface area (Å²) in [7, 11) is 1.70. The zero-order chi connectivity index (χ0) is 11.6. The van der Waals surface area contributed by atoms with Crippen molar-refractivity contribution in [1.82, 2.24) is 0 Å². The Morgan fingerprint density at radius 3 is 2.20 bits per heavy atom. The van der Waals surface area contributed by atoms with Crippen LogP contribution in [0, 0.1) is 0 Å². The van der Waals surface area contributed by atoms with E-state index in [1.807, 2.05) is 13.8 Å². The summed E-state index contributed by atoms with van der Waals surface area (Å²) in [5.74, 6) is 0.0646. The molecule has 1 aromatic rings. The van der Waals surface area contributed by atoms with Crippen molar-refractivity contribution >= 4 is 5.69 Å². The van der Waals surface area contributed by atoms with Crippen LogP contribution in [0.25, 0.3) is 0 Å². The molecule has 0 amide bonds. The molecule has 0 bridgehead atoms. The third-order valence-electron chi connectivity index (χ3n) is 2.27. The molecule has 84 valence electrons. The van der Waals surface area contributed by atoms with E-state index in [1.165, 1.54) is 12.1 Å². The molecule has 0 heterocycles. The van der Waals surface area contributed by atoms with E-state index in [-0.39, 0.29) is 5.92 Å². The first-order valence-corrected chi connectivity index (χ1v) is 4.75. The molecule has 0 atom stereocenters. The summed E-state index contributed by atoms with van der Waals surface area (Å²) in [5.41, 5.74) is 0.843. The molecule has 0 spiro atoms. The fourth-order valence-electron chi connectivity index (χ4n) is 1.44. The van der Waals surface area contributed by atoms with Crippen LogP contribution in [-0.2, 0) is 6.18 Å². The smallest absolute Gasteiger partial charge is 0.388 e. The zero-order valence-corrected chi connectivity index (χ0v) is 8.94. The lowest BCUT2D eigenvalue weighted by molar-refractivity contribution is -0.137. The maximum absolute atomic E-state index is 12.4. The Hall–Kier alpha value is -1.19. The van der Waals surface area contributed by atoms with Gasteiger partial charge >= 0.3 is 6.18 Å². The number of alkyl halides is 3. The Balaban J connectivity index is 3.22. The van der Waals surface area contributed by atoms with Gasteiger partial charge in [0.15, 0.2) is 0 Å². The standard InChI is InChI=1S/C11H14F3N/c1-7(2)9-6-8(11(12,13)14)4-5-10(9)15-3/h4-7,15H,1-3H3. The number of anilines is 1. The van der Waals surface area contributed by atoms with Crippen molar-refractivity contribution in [1.29, 1.82) is 0 Å². The lowest BCUT2D eigenvalue weighted by atomic mass is 9.98. The molecule has 1 N–H and O–H groups in total. The topological polar surface area (TPSA) is 12.0 Å². The van der Waals surface area contributed by atoms with Crippen LogP contribution < -0.4 is 5.32 Å². The number of hydrogen-bond donors (Lipinski definition) is 1. The van der Waals surface area contributed by atoms with Crippen LogP contribution in [0.5, 0.6) is 0 Å². The maximum Gasteiger partial charge on any atom is 0.416 e. The second kappa shape index (κ2) is 4.13. The average molecular weight is 217 g/mol. The van der Waals surface area contributed by atoms with Crippen molar-refractivity contribution in [2.45, 2.75) is 25.9 Å². The number of halogens is 3. The van der Waals surface area contributed by atoms with Gasteiger partial charge in [0.1, 0.15) is 0 Å². The van der Waals surface area contributed by atoms with Gasteiger partial charge in [0.05, 0.1) is 5.56 Å². The lowest BCUT2D eigenvalue weighted by Crippen LogP contribution is -2.07. The van der Waals surface area contributed by atoms with Crippen LogP contribution in [-0.4, -0.2) is 7.05 Å². The minimum absolute atomic E-state index is 0.0646. The molecule has 0 aromatic heterocycles. The first kappa shape index (κ1) is 11.9. The van der Waals surface area contributed by atoms with Crippen LogP contribution in [0.3, 0.4) is 0 Å². The first-order valence-electron chi connectivity index (χ1n) is 4.75. The van der Waals surface area contributed by atoms with Gasteiger partial charge in [-0.05, 0) is 29.7 Å². The molecule has 1 aromatic carbocycles. The molecule has 0 aliphatic rings. The SMILES string of the molecule is CNc1ccc(C(F)(F)F)cc1C(C)C. The quantitative estimate of drug-likeness (QED) is 0.792. The van der Waals surface area contributed by atoms with E-state index in [0.717, 1.165) is 11.8 Å².